The van der Waals surface area contributed by atoms with Gasteiger partial charge in [-0.05, 0) is 76.6 Å². The van der Waals surface area contributed by atoms with Gasteiger partial charge in [-0.1, -0.05) is 62.2 Å². The maximum Gasteiger partial charge on any atom is 0.408 e. The van der Waals surface area contributed by atoms with E-state index >= 15 is 0 Å². The maximum absolute atomic E-state index is 13.9. The monoisotopic (exact) mass is 505 g/mol. The predicted molar refractivity (Wildman–Crippen MR) is 147 cm³/mol. The van der Waals surface area contributed by atoms with Gasteiger partial charge in [0, 0.05) is 11.7 Å². The second kappa shape index (κ2) is 12.0. The SMILES string of the molecule is C#CN(C(=O)C(NC(=O)OC(C)(C)C)C(C)C)C(C(=O)Nc1c(C)cccc1C)c1cc(C)ccc1C. The molecule has 0 bridgehead atoms. The molecule has 0 aliphatic heterocycles. The Morgan fingerprint density at radius 3 is 2.08 bits per heavy atom. The first-order chi connectivity index (χ1) is 17.2. The molecule has 0 heterocycles. The Morgan fingerprint density at radius 1 is 0.973 bits per heavy atom. The first kappa shape index (κ1) is 29.4. The van der Waals surface area contributed by atoms with Crippen molar-refractivity contribution in [3.05, 3.63) is 64.2 Å². The van der Waals surface area contributed by atoms with Crippen LogP contribution >= 0.6 is 0 Å². The number of para-hydroxylation sites is 1. The molecule has 198 valence electrons. The number of rotatable bonds is 7. The molecule has 7 heteroatoms. The number of hydrogen-bond acceptors (Lipinski definition) is 4. The normalized spacial score (nSPS) is 12.8. The molecule has 0 aliphatic carbocycles. The highest BCUT2D eigenvalue weighted by Gasteiger charge is 2.38. The van der Waals surface area contributed by atoms with Gasteiger partial charge in [0.25, 0.3) is 11.8 Å². The van der Waals surface area contributed by atoms with Gasteiger partial charge in [0.1, 0.15) is 17.7 Å². The number of hydrogen-bond donors (Lipinski definition) is 2. The molecule has 37 heavy (non-hydrogen) atoms. The molecule has 2 N–H and O–H groups in total. The summed E-state index contributed by atoms with van der Waals surface area (Å²) >= 11 is 0. The van der Waals surface area contributed by atoms with Crippen molar-refractivity contribution in [1.82, 2.24) is 10.2 Å². The van der Waals surface area contributed by atoms with Crippen molar-refractivity contribution in [3.8, 4) is 12.5 Å². The standard InChI is InChI=1S/C30H39N3O4/c1-11-33(28(35)24(18(2)3)32-29(36)37-30(8,9)10)26(23-17-19(4)15-16-20(23)5)27(34)31-25-21(6)13-12-14-22(25)7/h1,12-18,24,26H,2-10H3,(H,31,34)(H,32,36). The van der Waals surface area contributed by atoms with Gasteiger partial charge in [0.15, 0.2) is 0 Å². The van der Waals surface area contributed by atoms with Crippen molar-refractivity contribution in [3.63, 3.8) is 0 Å². The van der Waals surface area contributed by atoms with Crippen molar-refractivity contribution in [2.24, 2.45) is 5.92 Å². The smallest absolute Gasteiger partial charge is 0.408 e. The molecular formula is C30H39N3O4. The summed E-state index contributed by atoms with van der Waals surface area (Å²) in [5, 5.41) is 5.64. The van der Waals surface area contributed by atoms with Gasteiger partial charge >= 0.3 is 6.09 Å². The molecule has 0 aliphatic rings. The quantitative estimate of drug-likeness (QED) is 0.380. The molecule has 0 fully saturated rings. The minimum atomic E-state index is -1.13. The number of terminal acetylenes is 1. The zero-order valence-electron chi connectivity index (χ0n) is 23.4. The first-order valence-corrected chi connectivity index (χ1v) is 12.4. The fourth-order valence-corrected chi connectivity index (χ4v) is 4.02. The minimum Gasteiger partial charge on any atom is -0.444 e. The van der Waals surface area contributed by atoms with Crippen LogP contribution in [0.25, 0.3) is 0 Å². The summed E-state index contributed by atoms with van der Waals surface area (Å²) in [4.78, 5) is 41.3. The van der Waals surface area contributed by atoms with Crippen LogP contribution in [0.5, 0.6) is 0 Å². The Hall–Kier alpha value is -3.79. The van der Waals surface area contributed by atoms with E-state index in [1.165, 1.54) is 0 Å². The fraction of sp³-hybridized carbons (Fsp3) is 0.433. The Morgan fingerprint density at radius 2 is 1.57 bits per heavy atom. The number of nitrogens with zero attached hydrogens (tertiary/aromatic N) is 1. The Balaban J connectivity index is 2.56. The number of amides is 3. The van der Waals surface area contributed by atoms with E-state index in [2.05, 4.69) is 16.7 Å². The number of ether oxygens (including phenoxy) is 1. The van der Waals surface area contributed by atoms with Crippen molar-refractivity contribution < 1.29 is 19.1 Å². The molecule has 0 saturated carbocycles. The number of aryl methyl sites for hydroxylation is 4. The van der Waals surface area contributed by atoms with Crippen LogP contribution in [0.1, 0.15) is 68.5 Å². The zero-order valence-corrected chi connectivity index (χ0v) is 23.4. The molecule has 2 aromatic rings. The molecule has 0 aromatic heterocycles. The fourth-order valence-electron chi connectivity index (χ4n) is 4.02. The highest BCUT2D eigenvalue weighted by molar-refractivity contribution is 6.00. The van der Waals surface area contributed by atoms with Gasteiger partial charge in [-0.2, -0.15) is 0 Å². The predicted octanol–water partition coefficient (Wildman–Crippen LogP) is 5.57. The Kier molecular flexibility index (Phi) is 9.52. The molecule has 2 rings (SSSR count). The highest BCUT2D eigenvalue weighted by atomic mass is 16.6. The molecule has 0 radical (unpaired) electrons. The second-order valence-corrected chi connectivity index (χ2v) is 10.7. The van der Waals surface area contributed by atoms with Crippen LogP contribution in [0.4, 0.5) is 10.5 Å². The van der Waals surface area contributed by atoms with Crippen molar-refractivity contribution >= 4 is 23.6 Å². The van der Waals surface area contributed by atoms with Crippen LogP contribution in [-0.4, -0.2) is 34.5 Å². The van der Waals surface area contributed by atoms with E-state index in [1.807, 2.05) is 64.1 Å². The minimum absolute atomic E-state index is 0.322. The van der Waals surface area contributed by atoms with E-state index in [0.717, 1.165) is 27.2 Å². The Bertz CT molecular complexity index is 1180. The first-order valence-electron chi connectivity index (χ1n) is 12.4. The van der Waals surface area contributed by atoms with Crippen LogP contribution < -0.4 is 10.6 Å². The number of benzene rings is 2. The summed E-state index contributed by atoms with van der Waals surface area (Å²) in [5.74, 6) is -1.35. The van der Waals surface area contributed by atoms with E-state index in [-0.39, 0.29) is 5.92 Å². The summed E-state index contributed by atoms with van der Waals surface area (Å²) in [6.45, 7) is 16.4. The lowest BCUT2D eigenvalue weighted by Crippen LogP contribution is -2.53. The van der Waals surface area contributed by atoms with E-state index in [1.54, 1.807) is 34.6 Å². The lowest BCUT2D eigenvalue weighted by Gasteiger charge is -2.32. The third-order valence-corrected chi connectivity index (χ3v) is 5.95. The molecule has 7 nitrogen and oxygen atoms in total. The van der Waals surface area contributed by atoms with Crippen LogP contribution in [-0.2, 0) is 14.3 Å². The number of alkyl carbamates (subject to hydrolysis) is 1. The lowest BCUT2D eigenvalue weighted by molar-refractivity contribution is -0.137. The number of nitrogens with one attached hydrogen (secondary N) is 2. The summed E-state index contributed by atoms with van der Waals surface area (Å²) in [6.07, 6.45) is 5.16. The van der Waals surface area contributed by atoms with Gasteiger partial charge in [-0.3, -0.25) is 14.5 Å². The molecule has 2 atom stereocenters. The van der Waals surface area contributed by atoms with E-state index in [4.69, 9.17) is 11.2 Å². The molecule has 0 saturated heterocycles. The molecule has 0 spiro atoms. The number of carbonyl (C=O) groups excluding carboxylic acids is 3. The van der Waals surface area contributed by atoms with Crippen molar-refractivity contribution in [2.75, 3.05) is 5.32 Å². The molecule has 2 unspecified atom stereocenters. The second-order valence-electron chi connectivity index (χ2n) is 10.7. The van der Waals surface area contributed by atoms with Crippen LogP contribution in [0.3, 0.4) is 0 Å². The van der Waals surface area contributed by atoms with Crippen LogP contribution in [0, 0.1) is 46.1 Å². The van der Waals surface area contributed by atoms with E-state index in [0.29, 0.717) is 11.3 Å². The zero-order chi connectivity index (χ0) is 28.1. The van der Waals surface area contributed by atoms with Crippen LogP contribution in [0.15, 0.2) is 36.4 Å². The van der Waals surface area contributed by atoms with Crippen molar-refractivity contribution in [1.29, 1.82) is 0 Å². The molecule has 2 aromatic carbocycles. The van der Waals surface area contributed by atoms with Crippen molar-refractivity contribution in [2.45, 2.75) is 80.0 Å². The average Bonchev–Trinajstić information content (AvgIpc) is 2.78. The number of carbonyl (C=O) groups is 3. The van der Waals surface area contributed by atoms with Gasteiger partial charge in [-0.15, -0.1) is 0 Å². The third kappa shape index (κ3) is 7.60. The van der Waals surface area contributed by atoms with E-state index < -0.39 is 35.6 Å². The summed E-state index contributed by atoms with van der Waals surface area (Å²) in [7, 11) is 0. The summed E-state index contributed by atoms with van der Waals surface area (Å²) in [5.41, 5.74) is 4.03. The van der Waals surface area contributed by atoms with Crippen LogP contribution in [0.2, 0.25) is 0 Å². The van der Waals surface area contributed by atoms with Gasteiger partial charge < -0.3 is 15.4 Å². The van der Waals surface area contributed by atoms with Gasteiger partial charge in [0.05, 0.1) is 0 Å². The molecule has 3 amide bonds. The topological polar surface area (TPSA) is 87.7 Å². The average molecular weight is 506 g/mol. The summed E-state index contributed by atoms with van der Waals surface area (Å²) < 4.78 is 5.36. The maximum atomic E-state index is 13.9. The summed E-state index contributed by atoms with van der Waals surface area (Å²) in [6, 6.07) is 11.7. The van der Waals surface area contributed by atoms with E-state index in [9.17, 15) is 14.4 Å². The third-order valence-electron chi connectivity index (χ3n) is 5.95. The van der Waals surface area contributed by atoms with Gasteiger partial charge in [-0.25, -0.2) is 4.79 Å². The largest absolute Gasteiger partial charge is 0.444 e. The molecular weight excluding hydrogens is 466 g/mol. The highest BCUT2D eigenvalue weighted by Crippen LogP contribution is 2.29. The van der Waals surface area contributed by atoms with Gasteiger partial charge in [0.2, 0.25) is 0 Å². The lowest BCUT2D eigenvalue weighted by atomic mass is 9.95. The number of anilines is 1. The Labute approximate surface area is 221 Å².